The molecule has 0 atom stereocenters. The van der Waals surface area contributed by atoms with Crippen LogP contribution in [0.4, 0.5) is 10.1 Å². The molecule has 2 aromatic carbocycles. The van der Waals surface area contributed by atoms with Gasteiger partial charge in [0.15, 0.2) is 5.75 Å². The number of hydrogen-bond donors (Lipinski definition) is 0. The Balaban J connectivity index is 1.56. The Bertz CT molecular complexity index is 1300. The zero-order valence-electron chi connectivity index (χ0n) is 17.4. The minimum atomic E-state index is -0.668. The first-order valence-corrected chi connectivity index (χ1v) is 9.89. The van der Waals surface area contributed by atoms with Gasteiger partial charge in [-0.15, -0.1) is 0 Å². The van der Waals surface area contributed by atoms with Gasteiger partial charge < -0.3 is 9.47 Å². The Morgan fingerprint density at radius 2 is 1.88 bits per heavy atom. The van der Waals surface area contributed by atoms with E-state index in [-0.39, 0.29) is 36.2 Å². The number of non-ortho nitro benzene ring substituents is 1. The zero-order valence-corrected chi connectivity index (χ0v) is 17.4. The van der Waals surface area contributed by atoms with Crippen LogP contribution in [-0.4, -0.2) is 37.1 Å². The van der Waals surface area contributed by atoms with Crippen molar-refractivity contribution >= 4 is 11.7 Å². The molecule has 0 bridgehead atoms. The highest BCUT2D eigenvalue weighted by molar-refractivity contribution is 5.90. The quantitative estimate of drug-likeness (QED) is 0.227. The molecule has 11 heteroatoms. The molecule has 0 unspecified atom stereocenters. The van der Waals surface area contributed by atoms with Crippen LogP contribution in [0.2, 0.25) is 0 Å². The first kappa shape index (κ1) is 21.7. The first-order chi connectivity index (χ1) is 15.9. The van der Waals surface area contributed by atoms with E-state index in [0.29, 0.717) is 17.1 Å². The zero-order chi connectivity index (χ0) is 23.4. The van der Waals surface area contributed by atoms with Gasteiger partial charge in [0.25, 0.3) is 5.69 Å². The van der Waals surface area contributed by atoms with Gasteiger partial charge in [-0.25, -0.2) is 18.5 Å². The van der Waals surface area contributed by atoms with Crippen LogP contribution >= 0.6 is 0 Å². The maximum absolute atomic E-state index is 13.5. The second-order valence-electron chi connectivity index (χ2n) is 6.80. The average Bonchev–Trinajstić information content (AvgIpc) is 3.45. The van der Waals surface area contributed by atoms with Gasteiger partial charge in [-0.05, 0) is 43.3 Å². The number of aromatic nitrogens is 4. The fourth-order valence-corrected chi connectivity index (χ4v) is 3.02. The summed E-state index contributed by atoms with van der Waals surface area (Å²) in [5, 5.41) is 19.5. The number of nitro groups is 1. The summed E-state index contributed by atoms with van der Waals surface area (Å²) in [6.07, 6.45) is 3.15. The molecule has 0 spiro atoms. The molecule has 168 valence electrons. The molecule has 0 N–H and O–H groups in total. The van der Waals surface area contributed by atoms with Gasteiger partial charge in [0.05, 0.1) is 29.1 Å². The Hall–Kier alpha value is -4.54. The third-order valence-corrected chi connectivity index (χ3v) is 4.57. The summed E-state index contributed by atoms with van der Waals surface area (Å²) < 4.78 is 27.2. The Labute approximate surface area is 186 Å². The van der Waals surface area contributed by atoms with E-state index in [2.05, 4.69) is 10.2 Å². The van der Waals surface area contributed by atoms with Crippen molar-refractivity contribution in [3.63, 3.8) is 0 Å². The monoisotopic (exact) mass is 451 g/mol. The van der Waals surface area contributed by atoms with E-state index < -0.39 is 10.9 Å². The number of halogens is 1. The van der Waals surface area contributed by atoms with E-state index in [0.717, 1.165) is 0 Å². The number of ether oxygens (including phenoxy) is 2. The summed E-state index contributed by atoms with van der Waals surface area (Å²) >= 11 is 0. The molecule has 0 aliphatic rings. The largest absolute Gasteiger partial charge is 0.483 e. The molecular weight excluding hydrogens is 433 g/mol. The van der Waals surface area contributed by atoms with Crippen LogP contribution in [0.5, 0.6) is 5.75 Å². The molecule has 0 saturated heterocycles. The number of esters is 1. The highest BCUT2D eigenvalue weighted by Gasteiger charge is 2.21. The molecule has 2 aromatic heterocycles. The van der Waals surface area contributed by atoms with E-state index in [1.807, 2.05) is 0 Å². The van der Waals surface area contributed by atoms with Crippen LogP contribution < -0.4 is 4.74 Å². The Morgan fingerprint density at radius 3 is 2.58 bits per heavy atom. The molecule has 4 rings (SSSR count). The van der Waals surface area contributed by atoms with E-state index in [9.17, 15) is 19.3 Å². The average molecular weight is 451 g/mol. The van der Waals surface area contributed by atoms with Crippen molar-refractivity contribution in [2.75, 3.05) is 6.61 Å². The molecule has 0 aliphatic heterocycles. The first-order valence-electron chi connectivity index (χ1n) is 9.89. The van der Waals surface area contributed by atoms with Crippen molar-refractivity contribution in [2.24, 2.45) is 0 Å². The fraction of sp³-hybridized carbons (Fsp3) is 0.136. The summed E-state index contributed by atoms with van der Waals surface area (Å²) in [4.78, 5) is 22.7. The lowest BCUT2D eigenvalue weighted by Crippen LogP contribution is -2.09. The molecule has 0 radical (unpaired) electrons. The molecule has 0 amide bonds. The maximum atomic E-state index is 13.5. The van der Waals surface area contributed by atoms with Crippen molar-refractivity contribution in [3.05, 3.63) is 94.3 Å². The number of carbonyl (C=O) groups excluding carboxylic acids is 1. The van der Waals surface area contributed by atoms with Gasteiger partial charge in [0.1, 0.15) is 18.1 Å². The van der Waals surface area contributed by atoms with Gasteiger partial charge in [-0.1, -0.05) is 6.07 Å². The number of carbonyl (C=O) groups is 1. The van der Waals surface area contributed by atoms with Gasteiger partial charge >= 0.3 is 5.97 Å². The van der Waals surface area contributed by atoms with E-state index in [1.54, 1.807) is 31.3 Å². The molecule has 0 aliphatic carbocycles. The normalized spacial score (nSPS) is 10.7. The van der Waals surface area contributed by atoms with Crippen LogP contribution in [0.25, 0.3) is 11.4 Å². The Morgan fingerprint density at radius 1 is 1.09 bits per heavy atom. The number of nitro benzene ring substituents is 1. The van der Waals surface area contributed by atoms with Crippen LogP contribution in [0.1, 0.15) is 23.1 Å². The molecule has 2 heterocycles. The van der Waals surface area contributed by atoms with E-state index in [1.165, 1.54) is 52.0 Å². The number of nitrogens with zero attached hydrogens (tertiary/aromatic N) is 5. The van der Waals surface area contributed by atoms with Gasteiger partial charge in [-0.3, -0.25) is 10.1 Å². The highest BCUT2D eigenvalue weighted by Crippen LogP contribution is 2.23. The lowest BCUT2D eigenvalue weighted by Gasteiger charge is -2.04. The van der Waals surface area contributed by atoms with Gasteiger partial charge in [-0.2, -0.15) is 10.2 Å². The summed E-state index contributed by atoms with van der Waals surface area (Å²) in [6.45, 7) is 1.84. The fourth-order valence-electron chi connectivity index (χ4n) is 3.02. The van der Waals surface area contributed by atoms with E-state index >= 15 is 0 Å². The lowest BCUT2D eigenvalue weighted by atomic mass is 10.3. The predicted molar refractivity (Wildman–Crippen MR) is 114 cm³/mol. The van der Waals surface area contributed by atoms with Crippen molar-refractivity contribution in [1.29, 1.82) is 0 Å². The van der Waals surface area contributed by atoms with Gasteiger partial charge in [0.2, 0.25) is 5.69 Å². The highest BCUT2D eigenvalue weighted by atomic mass is 19.1. The number of benzene rings is 2. The van der Waals surface area contributed by atoms with Crippen LogP contribution in [0.3, 0.4) is 0 Å². The molecule has 0 fully saturated rings. The Kier molecular flexibility index (Phi) is 6.11. The van der Waals surface area contributed by atoms with Crippen LogP contribution in [-0.2, 0) is 11.3 Å². The SMILES string of the molecule is CCOC(=O)c1nn(-c2ccc([N+](=O)[O-])cc2)cc1OCc1ccn(-c2cccc(F)c2)n1. The van der Waals surface area contributed by atoms with Crippen molar-refractivity contribution in [3.8, 4) is 17.1 Å². The molecule has 4 aromatic rings. The summed E-state index contributed by atoms with van der Waals surface area (Å²) in [5.74, 6) is -0.885. The van der Waals surface area contributed by atoms with E-state index in [4.69, 9.17) is 9.47 Å². The van der Waals surface area contributed by atoms with Crippen molar-refractivity contribution in [1.82, 2.24) is 19.6 Å². The smallest absolute Gasteiger partial charge is 0.362 e. The standard InChI is InChI=1S/C22H18FN5O5/c1-2-32-22(29)21-20(13-27(25-21)17-6-8-18(9-7-17)28(30)31)33-14-16-10-11-26(24-16)19-5-3-4-15(23)12-19/h3-13H,2,14H2,1H3. The number of rotatable bonds is 8. The minimum Gasteiger partial charge on any atom is -0.483 e. The van der Waals surface area contributed by atoms with Crippen molar-refractivity contribution in [2.45, 2.75) is 13.5 Å². The summed E-state index contributed by atoms with van der Waals surface area (Å²) in [5.41, 5.74) is 1.48. The maximum Gasteiger partial charge on any atom is 0.362 e. The number of hydrogen-bond acceptors (Lipinski definition) is 7. The van der Waals surface area contributed by atoms with Crippen molar-refractivity contribution < 1.29 is 23.6 Å². The van der Waals surface area contributed by atoms with Crippen LogP contribution in [0, 0.1) is 15.9 Å². The second-order valence-corrected chi connectivity index (χ2v) is 6.80. The topological polar surface area (TPSA) is 114 Å². The molecule has 0 saturated carbocycles. The van der Waals surface area contributed by atoms with Gasteiger partial charge in [0, 0.05) is 18.3 Å². The van der Waals surface area contributed by atoms with Crippen LogP contribution in [0.15, 0.2) is 67.0 Å². The summed E-state index contributed by atoms with van der Waals surface area (Å²) in [6, 6.07) is 13.4. The summed E-state index contributed by atoms with van der Waals surface area (Å²) in [7, 11) is 0. The second kappa shape index (κ2) is 9.30. The lowest BCUT2D eigenvalue weighted by molar-refractivity contribution is -0.384. The third kappa shape index (κ3) is 4.87. The molecular formula is C22H18FN5O5. The molecule has 33 heavy (non-hydrogen) atoms. The molecule has 10 nitrogen and oxygen atoms in total. The predicted octanol–water partition coefficient (Wildman–Crippen LogP) is 3.86. The third-order valence-electron chi connectivity index (χ3n) is 4.57. The minimum absolute atomic E-state index is 0.0146.